The van der Waals surface area contributed by atoms with Gasteiger partial charge in [-0.3, -0.25) is 4.52 Å². The number of hydrogen-bond acceptors (Lipinski definition) is 4. The van der Waals surface area contributed by atoms with Crippen LogP contribution in [0, 0.1) is 0 Å². The Morgan fingerprint density at radius 3 is 2.22 bits per heavy atom. The fourth-order valence-electron chi connectivity index (χ4n) is 0.949. The number of phosphoric ester groups is 1. The van der Waals surface area contributed by atoms with Gasteiger partial charge in [-0.2, -0.15) is 4.31 Å². The Hall–Kier alpha value is -0.260. The van der Waals surface area contributed by atoms with Crippen LogP contribution < -0.4 is 0 Å². The van der Waals surface area contributed by atoms with Crippen molar-refractivity contribution in [3.8, 4) is 0 Å². The maximum atomic E-state index is 11.0. The van der Waals surface area contributed by atoms with E-state index in [2.05, 4.69) is 8.83 Å². The van der Waals surface area contributed by atoms with Gasteiger partial charge in [0, 0.05) is 0 Å². The van der Waals surface area contributed by atoms with E-state index in [0.29, 0.717) is 0 Å². The Labute approximate surface area is 106 Å². The zero-order valence-corrected chi connectivity index (χ0v) is 12.0. The Kier molecular flexibility index (Phi) is 7.90. The summed E-state index contributed by atoms with van der Waals surface area (Å²) in [7, 11) is -9.75. The molecular weight excluding hydrogens is 282 g/mol. The van der Waals surface area contributed by atoms with E-state index in [-0.39, 0.29) is 6.61 Å². The molecule has 0 bridgehead atoms. The fraction of sp³-hybridized carbons (Fsp3) is 0.556. The minimum absolute atomic E-state index is 0.261. The highest BCUT2D eigenvalue weighted by Gasteiger charge is 2.31. The summed E-state index contributed by atoms with van der Waals surface area (Å²) in [5.74, 6) is 0. The van der Waals surface area contributed by atoms with Gasteiger partial charge in [0.1, 0.15) is 0 Å². The summed E-state index contributed by atoms with van der Waals surface area (Å²) in [6, 6.07) is 0. The van der Waals surface area contributed by atoms with Crippen LogP contribution >= 0.6 is 15.6 Å². The van der Waals surface area contributed by atoms with E-state index in [1.165, 1.54) is 11.6 Å². The Bertz CT molecular complexity index is 392. The molecule has 1 atom stereocenters. The molecule has 0 spiro atoms. The SMILES string of the molecule is CC(C)=CCC/C=C/COP(=O)(O)OP(=O)(O)O. The van der Waals surface area contributed by atoms with Crippen LogP contribution in [0.25, 0.3) is 0 Å². The van der Waals surface area contributed by atoms with Crippen molar-refractivity contribution in [2.75, 3.05) is 6.61 Å². The first-order valence-electron chi connectivity index (χ1n) is 5.15. The lowest BCUT2D eigenvalue weighted by atomic mass is 10.2. The monoisotopic (exact) mass is 300 g/mol. The molecule has 0 saturated heterocycles. The summed E-state index contributed by atoms with van der Waals surface area (Å²) in [4.78, 5) is 25.6. The summed E-state index contributed by atoms with van der Waals surface area (Å²) in [5, 5.41) is 0. The molecule has 0 aromatic carbocycles. The lowest BCUT2D eigenvalue weighted by Crippen LogP contribution is -1.93. The summed E-state index contributed by atoms with van der Waals surface area (Å²) in [5.41, 5.74) is 1.20. The van der Waals surface area contributed by atoms with Gasteiger partial charge < -0.3 is 14.7 Å². The molecule has 0 rings (SSSR count). The third-order valence-corrected chi connectivity index (χ3v) is 3.75. The molecule has 0 heterocycles. The van der Waals surface area contributed by atoms with E-state index in [1.54, 1.807) is 6.08 Å². The molecule has 1 unspecified atom stereocenters. The largest absolute Gasteiger partial charge is 0.481 e. The fourth-order valence-corrected chi connectivity index (χ4v) is 2.49. The molecule has 0 aliphatic rings. The van der Waals surface area contributed by atoms with Crippen molar-refractivity contribution in [1.82, 2.24) is 0 Å². The van der Waals surface area contributed by atoms with Crippen molar-refractivity contribution in [1.29, 1.82) is 0 Å². The Morgan fingerprint density at radius 1 is 1.11 bits per heavy atom. The highest BCUT2D eigenvalue weighted by atomic mass is 31.3. The lowest BCUT2D eigenvalue weighted by Gasteiger charge is -2.10. The van der Waals surface area contributed by atoms with Crippen molar-refractivity contribution in [2.24, 2.45) is 0 Å². The van der Waals surface area contributed by atoms with Crippen molar-refractivity contribution in [3.05, 3.63) is 23.8 Å². The molecule has 7 nitrogen and oxygen atoms in total. The van der Waals surface area contributed by atoms with Crippen LogP contribution in [-0.2, 0) is 18.0 Å². The molecular formula is C9H18O7P2. The van der Waals surface area contributed by atoms with Crippen LogP contribution in [0.3, 0.4) is 0 Å². The molecule has 0 aromatic rings. The third-order valence-electron chi connectivity index (χ3n) is 1.60. The molecule has 0 saturated carbocycles. The van der Waals surface area contributed by atoms with Crippen molar-refractivity contribution >= 4 is 15.6 Å². The summed E-state index contributed by atoms with van der Waals surface area (Å²) in [6.07, 6.45) is 6.83. The average molecular weight is 300 g/mol. The molecule has 0 aliphatic carbocycles. The zero-order chi connectivity index (χ0) is 14.2. The number of rotatable bonds is 8. The first kappa shape index (κ1) is 17.7. The van der Waals surface area contributed by atoms with Gasteiger partial charge in [-0.1, -0.05) is 23.8 Å². The second kappa shape index (κ2) is 8.02. The van der Waals surface area contributed by atoms with Gasteiger partial charge in [-0.25, -0.2) is 9.13 Å². The maximum Gasteiger partial charge on any atom is 0.481 e. The smallest absolute Gasteiger partial charge is 0.302 e. The molecule has 3 N–H and O–H groups in total. The van der Waals surface area contributed by atoms with Crippen LogP contribution in [0.2, 0.25) is 0 Å². The van der Waals surface area contributed by atoms with Gasteiger partial charge >= 0.3 is 15.6 Å². The predicted molar refractivity (Wildman–Crippen MR) is 66.7 cm³/mol. The van der Waals surface area contributed by atoms with Crippen molar-refractivity contribution < 1.29 is 32.6 Å². The van der Waals surface area contributed by atoms with Gasteiger partial charge in [0.05, 0.1) is 6.61 Å². The first-order chi connectivity index (χ1) is 8.12. The third kappa shape index (κ3) is 12.2. The molecule has 9 heteroatoms. The normalized spacial score (nSPS) is 15.6. The zero-order valence-electron chi connectivity index (χ0n) is 10.2. The summed E-state index contributed by atoms with van der Waals surface area (Å²) < 4.78 is 29.2. The van der Waals surface area contributed by atoms with E-state index in [4.69, 9.17) is 14.7 Å². The standard InChI is InChI=1S/C9H18O7P2/c1-9(2)7-5-3-4-6-8-15-18(13,14)16-17(10,11)12/h4,6-7H,3,5,8H2,1-2H3,(H,13,14)(H2,10,11,12)/b6-4+. The van der Waals surface area contributed by atoms with E-state index in [9.17, 15) is 9.13 Å². The van der Waals surface area contributed by atoms with E-state index in [1.807, 2.05) is 19.9 Å². The summed E-state index contributed by atoms with van der Waals surface area (Å²) >= 11 is 0. The highest BCUT2D eigenvalue weighted by molar-refractivity contribution is 7.60. The molecule has 0 aromatic heterocycles. The maximum absolute atomic E-state index is 11.0. The second-order valence-electron chi connectivity index (χ2n) is 3.67. The number of allylic oxidation sites excluding steroid dienone is 3. The number of hydrogen-bond donors (Lipinski definition) is 3. The molecule has 0 amide bonds. The predicted octanol–water partition coefficient (Wildman–Crippen LogP) is 2.52. The molecule has 106 valence electrons. The van der Waals surface area contributed by atoms with E-state index < -0.39 is 15.6 Å². The summed E-state index contributed by atoms with van der Waals surface area (Å²) in [6.45, 7) is 3.70. The van der Waals surface area contributed by atoms with Crippen molar-refractivity contribution in [3.63, 3.8) is 0 Å². The quantitative estimate of drug-likeness (QED) is 0.358. The van der Waals surface area contributed by atoms with E-state index in [0.717, 1.165) is 12.8 Å². The first-order valence-corrected chi connectivity index (χ1v) is 8.17. The minimum atomic E-state index is -5.03. The second-order valence-corrected chi connectivity index (χ2v) is 6.50. The molecule has 0 radical (unpaired) electrons. The number of phosphoric acid groups is 2. The van der Waals surface area contributed by atoms with E-state index >= 15 is 0 Å². The van der Waals surface area contributed by atoms with Crippen LogP contribution in [0.1, 0.15) is 26.7 Å². The van der Waals surface area contributed by atoms with Crippen LogP contribution in [0.15, 0.2) is 23.8 Å². The van der Waals surface area contributed by atoms with Gasteiger partial charge in [0.2, 0.25) is 0 Å². The van der Waals surface area contributed by atoms with Crippen molar-refractivity contribution in [2.45, 2.75) is 26.7 Å². The molecule has 0 fully saturated rings. The molecule has 0 aliphatic heterocycles. The van der Waals surface area contributed by atoms with Gasteiger partial charge in [0.25, 0.3) is 0 Å². The van der Waals surface area contributed by atoms with Crippen LogP contribution in [0.4, 0.5) is 0 Å². The van der Waals surface area contributed by atoms with Crippen LogP contribution in [0.5, 0.6) is 0 Å². The van der Waals surface area contributed by atoms with Gasteiger partial charge in [-0.15, -0.1) is 0 Å². The highest BCUT2D eigenvalue weighted by Crippen LogP contribution is 2.57. The topological polar surface area (TPSA) is 113 Å². The van der Waals surface area contributed by atoms with Gasteiger partial charge in [0.15, 0.2) is 0 Å². The number of unbranched alkanes of at least 4 members (excludes halogenated alkanes) is 1. The molecule has 18 heavy (non-hydrogen) atoms. The Balaban J connectivity index is 3.90. The average Bonchev–Trinajstić information content (AvgIpc) is 2.11. The van der Waals surface area contributed by atoms with Gasteiger partial charge in [-0.05, 0) is 26.7 Å². The lowest BCUT2D eigenvalue weighted by molar-refractivity contribution is 0.191. The van der Waals surface area contributed by atoms with Crippen LogP contribution in [-0.4, -0.2) is 21.3 Å². The Morgan fingerprint density at radius 2 is 1.72 bits per heavy atom. The minimum Gasteiger partial charge on any atom is -0.302 e.